The van der Waals surface area contributed by atoms with Gasteiger partial charge in [0.15, 0.2) is 0 Å². The van der Waals surface area contributed by atoms with Crippen LogP contribution in [0.4, 0.5) is 0 Å². The van der Waals surface area contributed by atoms with Gasteiger partial charge in [-0.15, -0.1) is 11.3 Å². The molecule has 1 heterocycles. The van der Waals surface area contributed by atoms with Crippen molar-refractivity contribution in [1.29, 1.82) is 0 Å². The maximum absolute atomic E-state index is 12.2. The molecule has 0 aliphatic carbocycles. The van der Waals surface area contributed by atoms with Crippen LogP contribution in [0.25, 0.3) is 0 Å². The molecule has 0 radical (unpaired) electrons. The van der Waals surface area contributed by atoms with E-state index in [0.29, 0.717) is 17.9 Å². The minimum absolute atomic E-state index is 0.254. The summed E-state index contributed by atoms with van der Waals surface area (Å²) in [5.74, 6) is 0.253. The highest BCUT2D eigenvalue weighted by Crippen LogP contribution is 2.17. The van der Waals surface area contributed by atoms with Crippen LogP contribution in [0.1, 0.15) is 27.2 Å². The number of nitrogens with zero attached hydrogens (tertiary/aromatic N) is 1. The van der Waals surface area contributed by atoms with Gasteiger partial charge in [0.2, 0.25) is 0 Å². The molecule has 4 nitrogen and oxygen atoms in total. The lowest BCUT2D eigenvalue weighted by atomic mass is 10.1. The van der Waals surface area contributed by atoms with Gasteiger partial charge in [-0.2, -0.15) is 0 Å². The molecule has 0 saturated carbocycles. The maximum Gasteiger partial charge on any atom is 0.338 e. The van der Waals surface area contributed by atoms with Crippen LogP contribution in [0.3, 0.4) is 0 Å². The first-order valence-corrected chi connectivity index (χ1v) is 8.47. The molecule has 24 heavy (non-hydrogen) atoms. The number of ether oxygens (including phenoxy) is 2. The van der Waals surface area contributed by atoms with Crippen LogP contribution in [0.15, 0.2) is 59.4 Å². The van der Waals surface area contributed by atoms with E-state index in [4.69, 9.17) is 9.47 Å². The van der Waals surface area contributed by atoms with Crippen LogP contribution in [-0.2, 0) is 18.0 Å². The third-order valence-corrected chi connectivity index (χ3v) is 4.03. The molecule has 0 saturated heterocycles. The van der Waals surface area contributed by atoms with E-state index in [1.807, 2.05) is 42.6 Å². The number of hydrogen-bond donors (Lipinski definition) is 0. The number of rotatable bonds is 6. The Balaban J connectivity index is 1.59. The lowest BCUT2D eigenvalue weighted by molar-refractivity contribution is 0.0472. The number of benzene rings is 2. The van der Waals surface area contributed by atoms with Crippen molar-refractivity contribution in [2.75, 3.05) is 0 Å². The fraction of sp³-hybridized carbons (Fsp3) is 0.158. The average molecular weight is 339 g/mol. The molecule has 0 atom stereocenters. The lowest BCUT2D eigenvalue weighted by Crippen LogP contribution is -2.06. The first kappa shape index (κ1) is 16.2. The molecule has 0 spiro atoms. The maximum atomic E-state index is 12.2. The number of esters is 1. The van der Waals surface area contributed by atoms with Gasteiger partial charge in [0.1, 0.15) is 19.0 Å². The van der Waals surface area contributed by atoms with Crippen LogP contribution in [0.2, 0.25) is 0 Å². The van der Waals surface area contributed by atoms with Gasteiger partial charge in [0, 0.05) is 5.38 Å². The summed E-state index contributed by atoms with van der Waals surface area (Å²) in [6.07, 6.45) is 0. The van der Waals surface area contributed by atoms with Crippen LogP contribution < -0.4 is 4.74 Å². The Kier molecular flexibility index (Phi) is 5.23. The van der Waals surface area contributed by atoms with Crippen molar-refractivity contribution in [1.82, 2.24) is 4.98 Å². The van der Waals surface area contributed by atoms with Crippen molar-refractivity contribution < 1.29 is 14.3 Å². The molecule has 2 aromatic carbocycles. The van der Waals surface area contributed by atoms with Gasteiger partial charge >= 0.3 is 5.97 Å². The summed E-state index contributed by atoms with van der Waals surface area (Å²) < 4.78 is 11.0. The fourth-order valence-corrected chi connectivity index (χ4v) is 2.76. The summed E-state index contributed by atoms with van der Waals surface area (Å²) in [6.45, 7) is 2.64. The number of aromatic nitrogens is 1. The van der Waals surface area contributed by atoms with Gasteiger partial charge < -0.3 is 9.47 Å². The SMILES string of the molecule is Cc1cccc(COC(=O)c2cccc(OCc3cscn3)c2)c1. The molecule has 0 aliphatic heterocycles. The van der Waals surface area contributed by atoms with Gasteiger partial charge in [0.05, 0.1) is 16.8 Å². The van der Waals surface area contributed by atoms with Crippen molar-refractivity contribution >= 4 is 17.3 Å². The zero-order valence-corrected chi connectivity index (χ0v) is 14.1. The molecule has 1 aromatic heterocycles. The zero-order valence-electron chi connectivity index (χ0n) is 13.3. The first-order chi connectivity index (χ1) is 11.7. The third kappa shape index (κ3) is 4.43. The Hall–Kier alpha value is -2.66. The van der Waals surface area contributed by atoms with E-state index in [-0.39, 0.29) is 12.6 Å². The molecule has 0 aliphatic rings. The van der Waals surface area contributed by atoms with Gasteiger partial charge in [-0.25, -0.2) is 9.78 Å². The minimum atomic E-state index is -0.365. The average Bonchev–Trinajstić information content (AvgIpc) is 3.12. The summed E-state index contributed by atoms with van der Waals surface area (Å²) in [5.41, 5.74) is 5.21. The number of hydrogen-bond acceptors (Lipinski definition) is 5. The van der Waals surface area contributed by atoms with Crippen LogP contribution >= 0.6 is 11.3 Å². The summed E-state index contributed by atoms with van der Waals surface area (Å²) >= 11 is 1.52. The highest BCUT2D eigenvalue weighted by molar-refractivity contribution is 7.07. The normalized spacial score (nSPS) is 10.4. The highest BCUT2D eigenvalue weighted by Gasteiger charge is 2.09. The van der Waals surface area contributed by atoms with Gasteiger partial charge in [-0.3, -0.25) is 0 Å². The Bertz CT molecular complexity index is 815. The summed E-state index contributed by atoms with van der Waals surface area (Å²) in [5, 5.41) is 1.93. The van der Waals surface area contributed by atoms with Crippen molar-refractivity contribution in [3.8, 4) is 5.75 Å². The topological polar surface area (TPSA) is 48.4 Å². The summed E-state index contributed by atoms with van der Waals surface area (Å²) in [4.78, 5) is 16.4. The molecule has 0 unspecified atom stereocenters. The van der Waals surface area contributed by atoms with Crippen molar-refractivity contribution in [2.24, 2.45) is 0 Å². The largest absolute Gasteiger partial charge is 0.487 e. The van der Waals surface area contributed by atoms with E-state index < -0.39 is 0 Å². The van der Waals surface area contributed by atoms with Crippen LogP contribution in [0, 0.1) is 6.92 Å². The molecule has 122 valence electrons. The number of carbonyl (C=O) groups is 1. The Morgan fingerprint density at radius 2 is 2.00 bits per heavy atom. The van der Waals surface area contributed by atoms with E-state index in [1.54, 1.807) is 23.7 Å². The summed E-state index contributed by atoms with van der Waals surface area (Å²) in [7, 11) is 0. The van der Waals surface area contributed by atoms with E-state index in [9.17, 15) is 4.79 Å². The number of thiazole rings is 1. The van der Waals surface area contributed by atoms with E-state index >= 15 is 0 Å². The molecule has 5 heteroatoms. The van der Waals surface area contributed by atoms with Gasteiger partial charge in [-0.05, 0) is 30.7 Å². The number of aryl methyl sites for hydroxylation is 1. The predicted octanol–water partition coefficient (Wildman–Crippen LogP) is 4.39. The standard InChI is InChI=1S/C19H17NO3S/c1-14-4-2-5-15(8-14)10-23-19(21)16-6-3-7-18(9-16)22-11-17-12-24-13-20-17/h2-9,12-13H,10-11H2,1H3. The third-order valence-electron chi connectivity index (χ3n) is 3.39. The molecule has 3 aromatic rings. The fourth-order valence-electron chi connectivity index (χ4n) is 2.21. The smallest absolute Gasteiger partial charge is 0.338 e. The van der Waals surface area contributed by atoms with Crippen molar-refractivity contribution in [3.05, 3.63) is 81.8 Å². The molecule has 0 fully saturated rings. The molecule has 3 rings (SSSR count). The van der Waals surface area contributed by atoms with Crippen LogP contribution in [-0.4, -0.2) is 11.0 Å². The second-order valence-electron chi connectivity index (χ2n) is 5.36. The van der Waals surface area contributed by atoms with Crippen LogP contribution in [0.5, 0.6) is 5.75 Å². The Morgan fingerprint density at radius 3 is 2.79 bits per heavy atom. The number of carbonyl (C=O) groups excluding carboxylic acids is 1. The second-order valence-corrected chi connectivity index (χ2v) is 6.08. The van der Waals surface area contributed by atoms with E-state index in [0.717, 1.165) is 16.8 Å². The predicted molar refractivity (Wildman–Crippen MR) is 93.2 cm³/mol. The summed E-state index contributed by atoms with van der Waals surface area (Å²) in [6, 6.07) is 14.9. The molecular formula is C19H17NO3S. The van der Waals surface area contributed by atoms with E-state index in [1.165, 1.54) is 11.3 Å². The quantitative estimate of drug-likeness (QED) is 0.625. The molecule has 0 amide bonds. The molecular weight excluding hydrogens is 322 g/mol. The monoisotopic (exact) mass is 339 g/mol. The van der Waals surface area contributed by atoms with Gasteiger partial charge in [0.25, 0.3) is 0 Å². The van der Waals surface area contributed by atoms with Crippen molar-refractivity contribution in [3.63, 3.8) is 0 Å². The van der Waals surface area contributed by atoms with Crippen molar-refractivity contribution in [2.45, 2.75) is 20.1 Å². The Morgan fingerprint density at radius 1 is 1.12 bits per heavy atom. The van der Waals surface area contributed by atoms with Gasteiger partial charge in [-0.1, -0.05) is 35.9 Å². The second kappa shape index (κ2) is 7.75. The Labute approximate surface area is 144 Å². The minimum Gasteiger partial charge on any atom is -0.487 e. The highest BCUT2D eigenvalue weighted by atomic mass is 32.1. The first-order valence-electron chi connectivity index (χ1n) is 7.53. The zero-order chi connectivity index (χ0) is 16.8. The molecule has 0 bridgehead atoms. The molecule has 0 N–H and O–H groups in total. The lowest BCUT2D eigenvalue weighted by Gasteiger charge is -2.08. The van der Waals surface area contributed by atoms with E-state index in [2.05, 4.69) is 4.98 Å².